The van der Waals surface area contributed by atoms with Crippen LogP contribution in [-0.2, 0) is 11.3 Å². The third kappa shape index (κ3) is 3.66. The minimum Gasteiger partial charge on any atom is -0.325 e. The number of anilines is 1. The fourth-order valence-corrected chi connectivity index (χ4v) is 4.49. The molecular weight excluding hydrogens is 373 g/mol. The van der Waals surface area contributed by atoms with Crippen LogP contribution in [0.5, 0.6) is 0 Å². The maximum atomic E-state index is 12.9. The number of amides is 1. The molecule has 136 valence electrons. The molecule has 26 heavy (non-hydrogen) atoms. The molecule has 0 aliphatic carbocycles. The maximum Gasteiger partial charge on any atom is 0.263 e. The smallest absolute Gasteiger partial charge is 0.263 e. The lowest BCUT2D eigenvalue weighted by molar-refractivity contribution is -0.113. The second-order valence-electron chi connectivity index (χ2n) is 5.75. The van der Waals surface area contributed by atoms with Crippen molar-refractivity contribution in [3.05, 3.63) is 50.9 Å². The van der Waals surface area contributed by atoms with Crippen molar-refractivity contribution in [3.63, 3.8) is 0 Å². The molecule has 0 saturated heterocycles. The van der Waals surface area contributed by atoms with E-state index in [4.69, 9.17) is 0 Å². The molecular formula is C18H18FN3O2S2. The van der Waals surface area contributed by atoms with Crippen LogP contribution in [0, 0.1) is 19.7 Å². The number of nitrogens with zero attached hydrogens (tertiary/aromatic N) is 2. The van der Waals surface area contributed by atoms with Crippen molar-refractivity contribution in [2.45, 2.75) is 32.5 Å². The van der Waals surface area contributed by atoms with Crippen LogP contribution in [0.25, 0.3) is 10.2 Å². The number of fused-ring (bicyclic) bond motifs is 1. The lowest BCUT2D eigenvalue weighted by Gasteiger charge is -2.10. The van der Waals surface area contributed by atoms with E-state index in [-0.39, 0.29) is 23.0 Å². The van der Waals surface area contributed by atoms with Crippen LogP contribution < -0.4 is 10.9 Å². The average Bonchev–Trinajstić information content (AvgIpc) is 2.89. The van der Waals surface area contributed by atoms with Crippen LogP contribution in [0.15, 0.2) is 34.2 Å². The van der Waals surface area contributed by atoms with Crippen LogP contribution >= 0.6 is 23.1 Å². The largest absolute Gasteiger partial charge is 0.325 e. The lowest BCUT2D eigenvalue weighted by atomic mass is 10.2. The molecule has 3 rings (SSSR count). The Morgan fingerprint density at radius 2 is 2.00 bits per heavy atom. The molecule has 2 aromatic heterocycles. The van der Waals surface area contributed by atoms with E-state index in [0.29, 0.717) is 27.6 Å². The molecule has 0 bridgehead atoms. The van der Waals surface area contributed by atoms with Gasteiger partial charge in [0.15, 0.2) is 5.16 Å². The molecule has 2 heterocycles. The number of hydrogen-bond donors (Lipinski definition) is 1. The van der Waals surface area contributed by atoms with Crippen LogP contribution in [0.4, 0.5) is 10.1 Å². The SMILES string of the molecule is CCn1c(SCC(=O)Nc2ccc(F)cc2)nc2sc(C)c(C)c2c1=O. The quantitative estimate of drug-likeness (QED) is 0.528. The molecule has 5 nitrogen and oxygen atoms in total. The van der Waals surface area contributed by atoms with Crippen LogP contribution in [-0.4, -0.2) is 21.2 Å². The highest BCUT2D eigenvalue weighted by Crippen LogP contribution is 2.28. The standard InChI is InChI=1S/C18H18FN3O2S2/c1-4-22-17(24)15-10(2)11(3)26-16(15)21-18(22)25-9-14(23)20-13-7-5-12(19)6-8-13/h5-8H,4,9H2,1-3H3,(H,20,23). The summed E-state index contributed by atoms with van der Waals surface area (Å²) >= 11 is 2.71. The van der Waals surface area contributed by atoms with E-state index in [2.05, 4.69) is 10.3 Å². The van der Waals surface area contributed by atoms with E-state index < -0.39 is 0 Å². The van der Waals surface area contributed by atoms with Crippen molar-refractivity contribution in [1.82, 2.24) is 9.55 Å². The summed E-state index contributed by atoms with van der Waals surface area (Å²) in [5.41, 5.74) is 1.42. The van der Waals surface area contributed by atoms with Gasteiger partial charge in [0.2, 0.25) is 5.91 Å². The van der Waals surface area contributed by atoms with Crippen molar-refractivity contribution in [1.29, 1.82) is 0 Å². The normalized spacial score (nSPS) is 11.1. The van der Waals surface area contributed by atoms with E-state index in [1.54, 1.807) is 4.57 Å². The number of thioether (sulfide) groups is 1. The van der Waals surface area contributed by atoms with E-state index >= 15 is 0 Å². The number of nitrogens with one attached hydrogen (secondary N) is 1. The zero-order valence-corrected chi connectivity index (χ0v) is 16.3. The first-order chi connectivity index (χ1) is 12.4. The Bertz CT molecular complexity index is 1030. The zero-order chi connectivity index (χ0) is 18.8. The number of halogens is 1. The third-order valence-electron chi connectivity index (χ3n) is 4.03. The summed E-state index contributed by atoms with van der Waals surface area (Å²) in [5.74, 6) is -0.487. The Labute approximate surface area is 158 Å². The predicted octanol–water partition coefficient (Wildman–Crippen LogP) is 3.96. The van der Waals surface area contributed by atoms with Gasteiger partial charge in [0, 0.05) is 17.1 Å². The Hall–Kier alpha value is -2.19. The number of carbonyl (C=O) groups is 1. The van der Waals surface area contributed by atoms with Gasteiger partial charge in [-0.2, -0.15) is 0 Å². The zero-order valence-electron chi connectivity index (χ0n) is 14.6. The molecule has 0 aliphatic rings. The summed E-state index contributed by atoms with van der Waals surface area (Å²) in [4.78, 5) is 31.3. The topological polar surface area (TPSA) is 64.0 Å². The molecule has 0 spiro atoms. The number of aromatic nitrogens is 2. The minimum atomic E-state index is -0.358. The fourth-order valence-electron chi connectivity index (χ4n) is 2.56. The number of aryl methyl sites for hydroxylation is 2. The summed E-state index contributed by atoms with van der Waals surface area (Å²) in [6.07, 6.45) is 0. The first-order valence-corrected chi connectivity index (χ1v) is 9.89. The molecule has 3 aromatic rings. The van der Waals surface area contributed by atoms with E-state index in [1.807, 2.05) is 20.8 Å². The van der Waals surface area contributed by atoms with Crippen LogP contribution in [0.1, 0.15) is 17.4 Å². The van der Waals surface area contributed by atoms with Crippen molar-refractivity contribution in [2.24, 2.45) is 0 Å². The molecule has 1 amide bonds. The maximum absolute atomic E-state index is 12.9. The first-order valence-electron chi connectivity index (χ1n) is 8.09. The summed E-state index contributed by atoms with van der Waals surface area (Å²) in [6.45, 7) is 6.27. The van der Waals surface area contributed by atoms with Gasteiger partial charge in [-0.05, 0) is 50.6 Å². The minimum absolute atomic E-state index is 0.0687. The van der Waals surface area contributed by atoms with Crippen molar-refractivity contribution in [2.75, 3.05) is 11.1 Å². The van der Waals surface area contributed by atoms with Gasteiger partial charge in [-0.15, -0.1) is 11.3 Å². The molecule has 0 saturated carbocycles. The fraction of sp³-hybridized carbons (Fsp3) is 0.278. The van der Waals surface area contributed by atoms with Gasteiger partial charge in [0.25, 0.3) is 5.56 Å². The van der Waals surface area contributed by atoms with Gasteiger partial charge in [-0.25, -0.2) is 9.37 Å². The Kier molecular flexibility index (Phi) is 5.43. The van der Waals surface area contributed by atoms with Gasteiger partial charge in [-0.3, -0.25) is 14.2 Å². The number of thiophene rings is 1. The number of benzene rings is 1. The molecule has 0 radical (unpaired) electrons. The second kappa shape index (κ2) is 7.59. The lowest BCUT2D eigenvalue weighted by Crippen LogP contribution is -2.23. The molecule has 1 aromatic carbocycles. The molecule has 1 N–H and O–H groups in total. The van der Waals surface area contributed by atoms with E-state index in [0.717, 1.165) is 10.4 Å². The van der Waals surface area contributed by atoms with E-state index in [9.17, 15) is 14.0 Å². The van der Waals surface area contributed by atoms with Crippen molar-refractivity contribution >= 4 is 44.9 Å². The summed E-state index contributed by atoms with van der Waals surface area (Å²) in [7, 11) is 0. The second-order valence-corrected chi connectivity index (χ2v) is 7.90. The number of hydrogen-bond acceptors (Lipinski definition) is 5. The Balaban J connectivity index is 1.81. The van der Waals surface area contributed by atoms with E-state index in [1.165, 1.54) is 47.4 Å². The van der Waals surface area contributed by atoms with Gasteiger partial charge in [-0.1, -0.05) is 11.8 Å². The van der Waals surface area contributed by atoms with Crippen LogP contribution in [0.2, 0.25) is 0 Å². The third-order valence-corrected chi connectivity index (χ3v) is 6.11. The highest BCUT2D eigenvalue weighted by atomic mass is 32.2. The number of carbonyl (C=O) groups excluding carboxylic acids is 1. The molecule has 0 aliphatic heterocycles. The highest BCUT2D eigenvalue weighted by Gasteiger charge is 2.16. The number of rotatable bonds is 5. The molecule has 0 atom stereocenters. The summed E-state index contributed by atoms with van der Waals surface area (Å²) in [5, 5.41) is 3.89. The van der Waals surface area contributed by atoms with Crippen molar-refractivity contribution in [3.8, 4) is 0 Å². The van der Waals surface area contributed by atoms with Gasteiger partial charge >= 0.3 is 0 Å². The Morgan fingerprint density at radius 3 is 2.65 bits per heavy atom. The van der Waals surface area contributed by atoms with Gasteiger partial charge in [0.05, 0.1) is 11.1 Å². The molecule has 8 heteroatoms. The average molecular weight is 391 g/mol. The molecule has 0 fully saturated rings. The Morgan fingerprint density at radius 1 is 1.31 bits per heavy atom. The monoisotopic (exact) mass is 391 g/mol. The first kappa shape index (κ1) is 18.6. The highest BCUT2D eigenvalue weighted by molar-refractivity contribution is 7.99. The predicted molar refractivity (Wildman–Crippen MR) is 105 cm³/mol. The van der Waals surface area contributed by atoms with Crippen molar-refractivity contribution < 1.29 is 9.18 Å². The summed E-state index contributed by atoms with van der Waals surface area (Å²) < 4.78 is 14.5. The summed E-state index contributed by atoms with van der Waals surface area (Å²) in [6, 6.07) is 5.58. The van der Waals surface area contributed by atoms with Gasteiger partial charge < -0.3 is 5.32 Å². The van der Waals surface area contributed by atoms with Crippen LogP contribution in [0.3, 0.4) is 0 Å². The van der Waals surface area contributed by atoms with Gasteiger partial charge in [0.1, 0.15) is 10.6 Å². The molecule has 0 unspecified atom stereocenters.